The molecule has 2 rings (SSSR count). The zero-order chi connectivity index (χ0) is 14.4. The molecule has 1 aliphatic rings. The lowest BCUT2D eigenvalue weighted by Gasteiger charge is -2.37. The van der Waals surface area contributed by atoms with Crippen LogP contribution >= 0.6 is 0 Å². The third kappa shape index (κ3) is 3.97. The summed E-state index contributed by atoms with van der Waals surface area (Å²) in [5, 5.41) is 0. The van der Waals surface area contributed by atoms with Gasteiger partial charge in [0.1, 0.15) is 0 Å². The fraction of sp³-hybridized carbons (Fsp3) is 0.647. The number of rotatable bonds is 6. The Kier molecular flexibility index (Phi) is 5.86. The van der Waals surface area contributed by atoms with Crippen LogP contribution in [0.2, 0.25) is 0 Å². The number of hydrogen-bond donors (Lipinski definition) is 1. The highest BCUT2D eigenvalue weighted by Gasteiger charge is 2.18. The Bertz CT molecular complexity index is 409. The molecule has 20 heavy (non-hydrogen) atoms. The van der Waals surface area contributed by atoms with Gasteiger partial charge in [0.05, 0.1) is 0 Å². The Hall–Kier alpha value is -1.06. The molecule has 1 fully saturated rings. The van der Waals surface area contributed by atoms with Gasteiger partial charge >= 0.3 is 0 Å². The first-order chi connectivity index (χ1) is 9.72. The summed E-state index contributed by atoms with van der Waals surface area (Å²) < 4.78 is 0. The van der Waals surface area contributed by atoms with E-state index in [2.05, 4.69) is 41.8 Å². The molecule has 0 atom stereocenters. The van der Waals surface area contributed by atoms with Crippen molar-refractivity contribution in [3.63, 3.8) is 0 Å². The van der Waals surface area contributed by atoms with Gasteiger partial charge in [0, 0.05) is 31.9 Å². The van der Waals surface area contributed by atoms with Crippen molar-refractivity contribution < 1.29 is 0 Å². The highest BCUT2D eigenvalue weighted by atomic mass is 15.3. The summed E-state index contributed by atoms with van der Waals surface area (Å²) in [6, 6.07) is 6.64. The van der Waals surface area contributed by atoms with Crippen LogP contribution in [0.25, 0.3) is 0 Å². The number of aryl methyl sites for hydroxylation is 1. The van der Waals surface area contributed by atoms with Crippen molar-refractivity contribution in [1.29, 1.82) is 0 Å². The third-order valence-corrected chi connectivity index (χ3v) is 4.47. The number of anilines is 1. The highest BCUT2D eigenvalue weighted by Crippen LogP contribution is 2.23. The van der Waals surface area contributed by atoms with Crippen LogP contribution in [0.5, 0.6) is 0 Å². The van der Waals surface area contributed by atoms with Gasteiger partial charge in [-0.15, -0.1) is 0 Å². The van der Waals surface area contributed by atoms with Gasteiger partial charge in [0.2, 0.25) is 0 Å². The number of benzene rings is 1. The third-order valence-electron chi connectivity index (χ3n) is 4.47. The van der Waals surface area contributed by atoms with Crippen molar-refractivity contribution >= 4 is 5.69 Å². The van der Waals surface area contributed by atoms with Crippen LogP contribution in [0.15, 0.2) is 18.2 Å². The van der Waals surface area contributed by atoms with Gasteiger partial charge in [-0.1, -0.05) is 18.6 Å². The van der Waals surface area contributed by atoms with Crippen molar-refractivity contribution in [3.8, 4) is 0 Å². The molecule has 1 aromatic carbocycles. The van der Waals surface area contributed by atoms with Gasteiger partial charge in [-0.05, 0) is 57.0 Å². The molecule has 1 aliphatic heterocycles. The fourth-order valence-corrected chi connectivity index (χ4v) is 2.95. The van der Waals surface area contributed by atoms with Crippen LogP contribution in [0.1, 0.15) is 30.4 Å². The molecular weight excluding hydrogens is 246 g/mol. The molecule has 0 bridgehead atoms. The molecule has 2 N–H and O–H groups in total. The quantitative estimate of drug-likeness (QED) is 0.810. The fourth-order valence-electron chi connectivity index (χ4n) is 2.95. The molecule has 1 saturated heterocycles. The SMILES string of the molecule is Cc1cccc(N2CCN(CCCCCN)CC2)c1C. The van der Waals surface area contributed by atoms with E-state index in [4.69, 9.17) is 5.73 Å². The number of unbranched alkanes of at least 4 members (excludes halogenated alkanes) is 2. The van der Waals surface area contributed by atoms with E-state index in [1.807, 2.05) is 0 Å². The van der Waals surface area contributed by atoms with Crippen LogP contribution in [0.4, 0.5) is 5.69 Å². The average Bonchev–Trinajstić information content (AvgIpc) is 2.47. The number of nitrogens with two attached hydrogens (primary N) is 1. The Morgan fingerprint density at radius 2 is 1.75 bits per heavy atom. The number of nitrogens with zero attached hydrogens (tertiary/aromatic N) is 2. The molecular formula is C17H29N3. The van der Waals surface area contributed by atoms with Crippen LogP contribution in [-0.2, 0) is 0 Å². The molecule has 0 spiro atoms. The summed E-state index contributed by atoms with van der Waals surface area (Å²) in [7, 11) is 0. The van der Waals surface area contributed by atoms with Gasteiger partial charge in [-0.2, -0.15) is 0 Å². The second-order valence-electron chi connectivity index (χ2n) is 5.90. The first-order valence-electron chi connectivity index (χ1n) is 7.96. The maximum Gasteiger partial charge on any atom is 0.0399 e. The lowest BCUT2D eigenvalue weighted by molar-refractivity contribution is 0.252. The summed E-state index contributed by atoms with van der Waals surface area (Å²) >= 11 is 0. The van der Waals surface area contributed by atoms with E-state index in [1.165, 1.54) is 55.7 Å². The maximum absolute atomic E-state index is 5.54. The van der Waals surface area contributed by atoms with Gasteiger partial charge in [-0.3, -0.25) is 4.90 Å². The van der Waals surface area contributed by atoms with E-state index in [-0.39, 0.29) is 0 Å². The Morgan fingerprint density at radius 3 is 2.45 bits per heavy atom. The summed E-state index contributed by atoms with van der Waals surface area (Å²) in [6.45, 7) is 11.2. The van der Waals surface area contributed by atoms with Crippen LogP contribution < -0.4 is 10.6 Å². The minimum Gasteiger partial charge on any atom is -0.369 e. The Balaban J connectivity index is 1.80. The lowest BCUT2D eigenvalue weighted by atomic mass is 10.1. The second-order valence-corrected chi connectivity index (χ2v) is 5.90. The molecule has 0 saturated carbocycles. The first-order valence-corrected chi connectivity index (χ1v) is 7.96. The standard InChI is InChI=1S/C17H29N3/c1-15-7-6-8-17(16(15)2)20-13-11-19(12-14-20)10-5-3-4-9-18/h6-8H,3-5,9-14,18H2,1-2H3. The molecule has 0 unspecified atom stereocenters. The Labute approximate surface area is 123 Å². The van der Waals surface area contributed by atoms with E-state index in [0.717, 1.165) is 19.6 Å². The van der Waals surface area contributed by atoms with Gasteiger partial charge in [-0.25, -0.2) is 0 Å². The largest absolute Gasteiger partial charge is 0.369 e. The summed E-state index contributed by atoms with van der Waals surface area (Å²) in [4.78, 5) is 5.14. The summed E-state index contributed by atoms with van der Waals surface area (Å²) in [6.07, 6.45) is 3.73. The molecule has 1 aromatic rings. The maximum atomic E-state index is 5.54. The van der Waals surface area contributed by atoms with Crippen LogP contribution in [-0.4, -0.2) is 44.2 Å². The molecule has 0 amide bonds. The van der Waals surface area contributed by atoms with Gasteiger partial charge < -0.3 is 10.6 Å². The van der Waals surface area contributed by atoms with E-state index in [0.29, 0.717) is 0 Å². The van der Waals surface area contributed by atoms with E-state index < -0.39 is 0 Å². The van der Waals surface area contributed by atoms with Crippen LogP contribution in [0, 0.1) is 13.8 Å². The molecule has 0 aromatic heterocycles. The minimum atomic E-state index is 0.834. The molecule has 0 aliphatic carbocycles. The van der Waals surface area contributed by atoms with Crippen molar-refractivity contribution in [2.45, 2.75) is 33.1 Å². The van der Waals surface area contributed by atoms with Crippen molar-refractivity contribution in [2.75, 3.05) is 44.2 Å². The predicted molar refractivity (Wildman–Crippen MR) is 87.5 cm³/mol. The van der Waals surface area contributed by atoms with Crippen molar-refractivity contribution in [3.05, 3.63) is 29.3 Å². The van der Waals surface area contributed by atoms with Crippen molar-refractivity contribution in [1.82, 2.24) is 4.90 Å². The predicted octanol–water partition coefficient (Wildman–Crippen LogP) is 2.55. The van der Waals surface area contributed by atoms with Gasteiger partial charge in [0.15, 0.2) is 0 Å². The lowest BCUT2D eigenvalue weighted by Crippen LogP contribution is -2.46. The number of piperazine rings is 1. The monoisotopic (exact) mass is 275 g/mol. The molecule has 112 valence electrons. The second kappa shape index (κ2) is 7.65. The first kappa shape index (κ1) is 15.3. The van der Waals surface area contributed by atoms with Crippen LogP contribution in [0.3, 0.4) is 0 Å². The highest BCUT2D eigenvalue weighted by molar-refractivity contribution is 5.56. The zero-order valence-electron chi connectivity index (χ0n) is 13.1. The molecule has 3 heteroatoms. The minimum absolute atomic E-state index is 0.834. The Morgan fingerprint density at radius 1 is 1.00 bits per heavy atom. The zero-order valence-corrected chi connectivity index (χ0v) is 13.1. The van der Waals surface area contributed by atoms with Gasteiger partial charge in [0.25, 0.3) is 0 Å². The summed E-state index contributed by atoms with van der Waals surface area (Å²) in [5.41, 5.74) is 9.79. The van der Waals surface area contributed by atoms with E-state index >= 15 is 0 Å². The molecule has 0 radical (unpaired) electrons. The summed E-state index contributed by atoms with van der Waals surface area (Å²) in [5.74, 6) is 0. The average molecular weight is 275 g/mol. The van der Waals surface area contributed by atoms with E-state index in [1.54, 1.807) is 0 Å². The van der Waals surface area contributed by atoms with E-state index in [9.17, 15) is 0 Å². The smallest absolute Gasteiger partial charge is 0.0399 e. The normalized spacial score (nSPS) is 16.6. The van der Waals surface area contributed by atoms with Crippen molar-refractivity contribution in [2.24, 2.45) is 5.73 Å². The molecule has 1 heterocycles. The topological polar surface area (TPSA) is 32.5 Å². The number of hydrogen-bond acceptors (Lipinski definition) is 3. The molecule has 3 nitrogen and oxygen atoms in total.